The highest BCUT2D eigenvalue weighted by Gasteiger charge is 2.08. The minimum atomic E-state index is -0.530. The molecule has 1 heterocycles. The normalized spacial score (nSPS) is 10.0. The van der Waals surface area contributed by atoms with Crippen molar-refractivity contribution in [1.29, 1.82) is 0 Å². The van der Waals surface area contributed by atoms with Crippen molar-refractivity contribution >= 4 is 11.9 Å². The molecular formula is C13H16N6O3. The Balaban J connectivity index is 1.85. The van der Waals surface area contributed by atoms with Gasteiger partial charge in [-0.3, -0.25) is 10.1 Å². The molecule has 2 N–H and O–H groups in total. The highest BCUT2D eigenvalue weighted by atomic mass is 16.5. The topological polar surface area (TPSA) is 111 Å². The van der Waals surface area contributed by atoms with E-state index in [0.29, 0.717) is 18.0 Å². The SMILES string of the molecule is CCCNC(=O)NC(=O)COc1cccc(-n2cnnn2)c1. The van der Waals surface area contributed by atoms with Gasteiger partial charge in [0.15, 0.2) is 6.61 Å². The van der Waals surface area contributed by atoms with Gasteiger partial charge in [0.2, 0.25) is 0 Å². The van der Waals surface area contributed by atoms with Crippen molar-refractivity contribution in [1.82, 2.24) is 30.8 Å². The van der Waals surface area contributed by atoms with E-state index in [1.54, 1.807) is 24.3 Å². The largest absolute Gasteiger partial charge is 0.484 e. The first-order valence-electron chi connectivity index (χ1n) is 6.73. The number of aromatic nitrogens is 4. The number of hydrogen-bond donors (Lipinski definition) is 2. The highest BCUT2D eigenvalue weighted by Crippen LogP contribution is 2.15. The fourth-order valence-corrected chi connectivity index (χ4v) is 1.59. The van der Waals surface area contributed by atoms with Crippen LogP contribution in [-0.4, -0.2) is 45.3 Å². The van der Waals surface area contributed by atoms with Crippen LogP contribution in [-0.2, 0) is 4.79 Å². The quantitative estimate of drug-likeness (QED) is 0.793. The molecule has 2 aromatic rings. The summed E-state index contributed by atoms with van der Waals surface area (Å²) >= 11 is 0. The summed E-state index contributed by atoms with van der Waals surface area (Å²) in [6.45, 7) is 2.16. The minimum absolute atomic E-state index is 0.265. The maximum absolute atomic E-state index is 11.6. The van der Waals surface area contributed by atoms with Crippen molar-refractivity contribution in [3.05, 3.63) is 30.6 Å². The lowest BCUT2D eigenvalue weighted by Gasteiger charge is -2.08. The number of rotatable bonds is 6. The molecule has 0 bridgehead atoms. The van der Waals surface area contributed by atoms with Crippen molar-refractivity contribution in [2.75, 3.05) is 13.2 Å². The lowest BCUT2D eigenvalue weighted by atomic mass is 10.3. The van der Waals surface area contributed by atoms with E-state index < -0.39 is 11.9 Å². The second-order valence-electron chi connectivity index (χ2n) is 4.34. The lowest BCUT2D eigenvalue weighted by Crippen LogP contribution is -2.41. The first-order valence-corrected chi connectivity index (χ1v) is 6.73. The van der Waals surface area contributed by atoms with Gasteiger partial charge in [-0.15, -0.1) is 5.10 Å². The molecule has 0 aliphatic carbocycles. The summed E-state index contributed by atoms with van der Waals surface area (Å²) in [5.41, 5.74) is 0.698. The zero-order valence-corrected chi connectivity index (χ0v) is 12.0. The van der Waals surface area contributed by atoms with Crippen LogP contribution in [0.25, 0.3) is 5.69 Å². The molecule has 0 radical (unpaired) electrons. The summed E-state index contributed by atoms with van der Waals surface area (Å²) in [5, 5.41) is 15.6. The van der Waals surface area contributed by atoms with E-state index in [0.717, 1.165) is 6.42 Å². The van der Waals surface area contributed by atoms with E-state index in [4.69, 9.17) is 4.74 Å². The summed E-state index contributed by atoms with van der Waals surface area (Å²) in [4.78, 5) is 22.9. The average molecular weight is 304 g/mol. The summed E-state index contributed by atoms with van der Waals surface area (Å²) in [7, 11) is 0. The van der Waals surface area contributed by atoms with Crippen molar-refractivity contribution in [3.8, 4) is 11.4 Å². The third-order valence-electron chi connectivity index (χ3n) is 2.59. The number of hydrogen-bond acceptors (Lipinski definition) is 6. The zero-order valence-electron chi connectivity index (χ0n) is 12.0. The second-order valence-corrected chi connectivity index (χ2v) is 4.34. The maximum Gasteiger partial charge on any atom is 0.321 e. The van der Waals surface area contributed by atoms with Gasteiger partial charge < -0.3 is 10.1 Å². The Labute approximate surface area is 126 Å². The van der Waals surface area contributed by atoms with Gasteiger partial charge >= 0.3 is 6.03 Å². The fraction of sp³-hybridized carbons (Fsp3) is 0.308. The smallest absolute Gasteiger partial charge is 0.321 e. The summed E-state index contributed by atoms with van der Waals surface area (Å²) in [6, 6.07) is 6.39. The Morgan fingerprint density at radius 3 is 2.95 bits per heavy atom. The summed E-state index contributed by atoms with van der Waals surface area (Å²) in [5.74, 6) is -0.0569. The van der Waals surface area contributed by atoms with Crippen molar-refractivity contribution < 1.29 is 14.3 Å². The molecule has 116 valence electrons. The molecule has 2 rings (SSSR count). The van der Waals surface area contributed by atoms with Crippen molar-refractivity contribution in [3.63, 3.8) is 0 Å². The van der Waals surface area contributed by atoms with Crippen molar-refractivity contribution in [2.24, 2.45) is 0 Å². The minimum Gasteiger partial charge on any atom is -0.484 e. The molecule has 9 nitrogen and oxygen atoms in total. The predicted molar refractivity (Wildman–Crippen MR) is 76.5 cm³/mol. The van der Waals surface area contributed by atoms with E-state index in [9.17, 15) is 9.59 Å². The van der Waals surface area contributed by atoms with Crippen LogP contribution < -0.4 is 15.4 Å². The molecule has 0 aliphatic rings. The summed E-state index contributed by atoms with van der Waals surface area (Å²) in [6.07, 6.45) is 2.24. The van der Waals surface area contributed by atoms with Crippen LogP contribution in [0, 0.1) is 0 Å². The molecule has 0 fully saturated rings. The van der Waals surface area contributed by atoms with E-state index in [1.807, 2.05) is 6.92 Å². The number of nitrogens with one attached hydrogen (secondary N) is 2. The van der Waals surface area contributed by atoms with Gasteiger partial charge in [-0.25, -0.2) is 9.48 Å². The molecule has 3 amide bonds. The average Bonchev–Trinajstić information content (AvgIpc) is 3.06. The van der Waals surface area contributed by atoms with Crippen LogP contribution in [0.3, 0.4) is 0 Å². The Morgan fingerprint density at radius 1 is 1.36 bits per heavy atom. The third-order valence-corrected chi connectivity index (χ3v) is 2.59. The Kier molecular flexibility index (Phi) is 5.41. The van der Waals surface area contributed by atoms with Crippen molar-refractivity contribution in [2.45, 2.75) is 13.3 Å². The molecule has 0 spiro atoms. The number of amides is 3. The number of benzene rings is 1. The molecule has 9 heteroatoms. The zero-order chi connectivity index (χ0) is 15.8. The number of carbonyl (C=O) groups excluding carboxylic acids is 2. The molecular weight excluding hydrogens is 288 g/mol. The second kappa shape index (κ2) is 7.72. The first-order chi connectivity index (χ1) is 10.7. The van der Waals surface area contributed by atoms with Crippen LogP contribution in [0.5, 0.6) is 5.75 Å². The summed E-state index contributed by atoms with van der Waals surface area (Å²) < 4.78 is 6.80. The van der Waals surface area contributed by atoms with Gasteiger partial charge in [-0.05, 0) is 29.0 Å². The Hall–Kier alpha value is -2.97. The number of ether oxygens (including phenoxy) is 1. The molecule has 0 aliphatic heterocycles. The molecule has 1 aromatic carbocycles. The van der Waals surface area contributed by atoms with Gasteiger partial charge in [0.1, 0.15) is 12.1 Å². The molecule has 0 saturated carbocycles. The number of nitrogens with zero attached hydrogens (tertiary/aromatic N) is 4. The number of tetrazole rings is 1. The van der Waals surface area contributed by atoms with Gasteiger partial charge in [-0.1, -0.05) is 13.0 Å². The Bertz CT molecular complexity index is 628. The fourth-order valence-electron chi connectivity index (χ4n) is 1.59. The number of carbonyl (C=O) groups is 2. The monoisotopic (exact) mass is 304 g/mol. The molecule has 0 atom stereocenters. The number of imide groups is 1. The predicted octanol–water partition coefficient (Wildman–Crippen LogP) is 0.277. The van der Waals surface area contributed by atoms with Gasteiger partial charge in [0.05, 0.1) is 5.69 Å². The van der Waals surface area contributed by atoms with Crippen LogP contribution in [0.15, 0.2) is 30.6 Å². The van der Waals surface area contributed by atoms with Gasteiger partial charge in [-0.2, -0.15) is 0 Å². The molecule has 0 saturated heterocycles. The molecule has 22 heavy (non-hydrogen) atoms. The third kappa shape index (κ3) is 4.54. The van der Waals surface area contributed by atoms with E-state index in [1.165, 1.54) is 11.0 Å². The highest BCUT2D eigenvalue weighted by molar-refractivity contribution is 5.94. The van der Waals surface area contributed by atoms with Gasteiger partial charge in [0.25, 0.3) is 5.91 Å². The van der Waals surface area contributed by atoms with Crippen LogP contribution in [0.4, 0.5) is 4.79 Å². The van der Waals surface area contributed by atoms with E-state index in [2.05, 4.69) is 26.2 Å². The molecule has 0 unspecified atom stereocenters. The first kappa shape index (κ1) is 15.4. The lowest BCUT2D eigenvalue weighted by molar-refractivity contribution is -0.122. The molecule has 1 aromatic heterocycles. The number of urea groups is 1. The van der Waals surface area contributed by atoms with Gasteiger partial charge in [0, 0.05) is 12.6 Å². The van der Waals surface area contributed by atoms with Crippen LogP contribution >= 0.6 is 0 Å². The Morgan fingerprint density at radius 2 is 2.23 bits per heavy atom. The van der Waals surface area contributed by atoms with Crippen LogP contribution in [0.2, 0.25) is 0 Å². The van der Waals surface area contributed by atoms with Crippen LogP contribution in [0.1, 0.15) is 13.3 Å². The van der Waals surface area contributed by atoms with E-state index in [-0.39, 0.29) is 6.61 Å². The standard InChI is InChI=1S/C13H16N6O3/c1-2-6-14-13(21)16-12(20)8-22-11-5-3-4-10(7-11)19-9-15-17-18-19/h3-5,7,9H,2,6,8H2,1H3,(H2,14,16,20,21). The van der Waals surface area contributed by atoms with E-state index >= 15 is 0 Å². The maximum atomic E-state index is 11.6.